The van der Waals surface area contributed by atoms with Crippen molar-refractivity contribution in [3.63, 3.8) is 0 Å². The zero-order valence-electron chi connectivity index (χ0n) is 9.12. The van der Waals surface area contributed by atoms with Gasteiger partial charge >= 0.3 is 0 Å². The molecule has 0 radical (unpaired) electrons. The largest absolute Gasteiger partial charge is 0.299 e. The van der Waals surface area contributed by atoms with Gasteiger partial charge in [0.05, 0.1) is 0 Å². The molecule has 3 saturated carbocycles. The van der Waals surface area contributed by atoms with E-state index in [0.717, 1.165) is 18.3 Å². The molecule has 0 N–H and O–H groups in total. The Bertz CT molecular complexity index is 276. The molecule has 15 heavy (non-hydrogen) atoms. The third-order valence-corrected chi connectivity index (χ3v) is 5.77. The molecule has 0 aromatic rings. The highest BCUT2D eigenvalue weighted by Gasteiger charge is 2.51. The third kappa shape index (κ3) is 1.60. The minimum absolute atomic E-state index is 0.451. The van der Waals surface area contributed by atoms with Crippen LogP contribution >= 0.6 is 15.9 Å². The number of halogens is 1. The maximum atomic E-state index is 12.3. The van der Waals surface area contributed by atoms with E-state index in [4.69, 9.17) is 0 Å². The lowest BCUT2D eigenvalue weighted by atomic mass is 9.73. The van der Waals surface area contributed by atoms with Crippen LogP contribution in [0.1, 0.15) is 44.9 Å². The van der Waals surface area contributed by atoms with Crippen molar-refractivity contribution >= 4 is 21.7 Å². The van der Waals surface area contributed by atoms with Crippen LogP contribution in [0.2, 0.25) is 0 Å². The Hall–Kier alpha value is 0.150. The fourth-order valence-corrected chi connectivity index (χ4v) is 4.97. The molecule has 0 spiro atoms. The number of carbonyl (C=O) groups is 1. The van der Waals surface area contributed by atoms with E-state index >= 15 is 0 Å². The van der Waals surface area contributed by atoms with E-state index in [1.54, 1.807) is 0 Å². The average Bonchev–Trinajstić information content (AvgIpc) is 2.54. The zero-order valence-corrected chi connectivity index (χ0v) is 10.7. The molecule has 0 saturated heterocycles. The molecule has 0 aliphatic heterocycles. The molecule has 0 aromatic carbocycles. The zero-order chi connectivity index (χ0) is 10.4. The highest BCUT2D eigenvalue weighted by atomic mass is 79.9. The number of fused-ring (bicyclic) bond motifs is 3. The summed E-state index contributed by atoms with van der Waals surface area (Å²) in [6.45, 7) is 0. The molecular formula is C13H19BrO. The molecule has 1 nitrogen and oxygen atoms in total. The lowest BCUT2D eigenvalue weighted by Crippen LogP contribution is -2.27. The third-order valence-electron chi connectivity index (χ3n) is 4.94. The fourth-order valence-electron chi connectivity index (χ4n) is 4.28. The summed E-state index contributed by atoms with van der Waals surface area (Å²) in [5.74, 6) is 3.06. The lowest BCUT2D eigenvalue weighted by molar-refractivity contribution is -0.125. The van der Waals surface area contributed by atoms with Crippen LogP contribution in [0.5, 0.6) is 0 Å². The highest BCUT2D eigenvalue weighted by Crippen LogP contribution is 2.52. The van der Waals surface area contributed by atoms with Crippen molar-refractivity contribution in [3.05, 3.63) is 0 Å². The number of rotatable bonds is 0. The maximum Gasteiger partial charge on any atom is 0.139 e. The summed E-state index contributed by atoms with van der Waals surface area (Å²) in [6.07, 6.45) is 8.83. The first-order chi connectivity index (χ1) is 7.27. The van der Waals surface area contributed by atoms with Crippen molar-refractivity contribution < 1.29 is 4.79 Å². The van der Waals surface area contributed by atoms with Gasteiger partial charge in [-0.15, -0.1) is 0 Å². The van der Waals surface area contributed by atoms with Gasteiger partial charge in [-0.3, -0.25) is 4.79 Å². The van der Waals surface area contributed by atoms with Gasteiger partial charge in [0.2, 0.25) is 0 Å². The molecule has 0 amide bonds. The van der Waals surface area contributed by atoms with Crippen LogP contribution < -0.4 is 0 Å². The van der Waals surface area contributed by atoms with Crippen LogP contribution in [-0.2, 0) is 4.79 Å². The monoisotopic (exact) mass is 270 g/mol. The molecule has 3 fully saturated rings. The van der Waals surface area contributed by atoms with E-state index in [1.165, 1.54) is 38.5 Å². The van der Waals surface area contributed by atoms with Gasteiger partial charge in [0.25, 0.3) is 0 Å². The van der Waals surface area contributed by atoms with Crippen LogP contribution in [-0.4, -0.2) is 10.6 Å². The SMILES string of the molecule is O=C1C2CCCCC2C2CC(Br)CCC12. The van der Waals surface area contributed by atoms with E-state index in [1.807, 2.05) is 0 Å². The molecule has 3 aliphatic carbocycles. The fraction of sp³-hybridized carbons (Fsp3) is 0.923. The number of carbonyl (C=O) groups excluding carboxylic acids is 1. The first-order valence-electron chi connectivity index (χ1n) is 6.45. The van der Waals surface area contributed by atoms with E-state index < -0.39 is 0 Å². The standard InChI is InChI=1S/C13H19BrO/c14-8-5-6-11-12(7-8)9-3-1-2-4-10(9)13(11)15/h8-12H,1-7H2. The lowest BCUT2D eigenvalue weighted by Gasteiger charge is -2.33. The quantitative estimate of drug-likeness (QED) is 0.616. The summed E-state index contributed by atoms with van der Waals surface area (Å²) in [4.78, 5) is 13.0. The Morgan fingerprint density at radius 1 is 0.933 bits per heavy atom. The van der Waals surface area contributed by atoms with Crippen molar-refractivity contribution in [2.75, 3.05) is 0 Å². The van der Waals surface area contributed by atoms with E-state index in [0.29, 0.717) is 22.4 Å². The van der Waals surface area contributed by atoms with Gasteiger partial charge in [-0.1, -0.05) is 28.8 Å². The van der Waals surface area contributed by atoms with Gasteiger partial charge in [0, 0.05) is 16.7 Å². The molecular weight excluding hydrogens is 252 g/mol. The van der Waals surface area contributed by atoms with Crippen LogP contribution in [0.15, 0.2) is 0 Å². The Balaban J connectivity index is 1.84. The number of ketones is 1. The van der Waals surface area contributed by atoms with E-state index in [2.05, 4.69) is 15.9 Å². The highest BCUT2D eigenvalue weighted by molar-refractivity contribution is 9.09. The maximum absolute atomic E-state index is 12.3. The number of alkyl halides is 1. The topological polar surface area (TPSA) is 17.1 Å². The number of hydrogen-bond acceptors (Lipinski definition) is 1. The van der Waals surface area contributed by atoms with Gasteiger partial charge in [0.1, 0.15) is 5.78 Å². The van der Waals surface area contributed by atoms with E-state index in [-0.39, 0.29) is 0 Å². The molecule has 5 unspecified atom stereocenters. The number of hydrogen-bond donors (Lipinski definition) is 0. The van der Waals surface area contributed by atoms with Gasteiger partial charge in [-0.05, 0) is 43.9 Å². The van der Waals surface area contributed by atoms with Gasteiger partial charge in [-0.25, -0.2) is 0 Å². The predicted molar refractivity (Wildman–Crippen MR) is 64.0 cm³/mol. The van der Waals surface area contributed by atoms with Gasteiger partial charge in [0.15, 0.2) is 0 Å². The van der Waals surface area contributed by atoms with Crippen molar-refractivity contribution in [3.8, 4) is 0 Å². The van der Waals surface area contributed by atoms with Crippen molar-refractivity contribution in [1.29, 1.82) is 0 Å². The van der Waals surface area contributed by atoms with Crippen LogP contribution in [0.25, 0.3) is 0 Å². The second-order valence-corrected chi connectivity index (χ2v) is 6.93. The van der Waals surface area contributed by atoms with Crippen LogP contribution in [0, 0.1) is 23.7 Å². The summed E-state index contributed by atoms with van der Waals surface area (Å²) in [6, 6.07) is 0. The Morgan fingerprint density at radius 3 is 2.53 bits per heavy atom. The second kappa shape index (κ2) is 3.87. The first kappa shape index (κ1) is 10.3. The molecule has 3 rings (SSSR count). The summed E-state index contributed by atoms with van der Waals surface area (Å²) >= 11 is 3.75. The van der Waals surface area contributed by atoms with Crippen LogP contribution in [0.4, 0.5) is 0 Å². The predicted octanol–water partition coefficient (Wildman–Crippen LogP) is 3.56. The smallest absolute Gasteiger partial charge is 0.139 e. The Morgan fingerprint density at radius 2 is 1.67 bits per heavy atom. The molecule has 0 heterocycles. The molecule has 2 heteroatoms. The second-order valence-electron chi connectivity index (χ2n) is 5.64. The molecule has 0 bridgehead atoms. The Kier molecular flexibility index (Phi) is 2.66. The Labute approximate surface area is 100 Å². The summed E-state index contributed by atoms with van der Waals surface area (Å²) in [5.41, 5.74) is 0. The van der Waals surface area contributed by atoms with Gasteiger partial charge < -0.3 is 0 Å². The summed E-state index contributed by atoms with van der Waals surface area (Å²) < 4.78 is 0. The molecule has 3 aliphatic rings. The first-order valence-corrected chi connectivity index (χ1v) is 7.36. The number of Topliss-reactive ketones (excluding diaryl/α,β-unsaturated/α-hetero) is 1. The van der Waals surface area contributed by atoms with Crippen molar-refractivity contribution in [1.82, 2.24) is 0 Å². The summed E-state index contributed by atoms with van der Waals surface area (Å²) in [5, 5.41) is 0. The van der Waals surface area contributed by atoms with Crippen molar-refractivity contribution in [2.24, 2.45) is 23.7 Å². The van der Waals surface area contributed by atoms with Crippen molar-refractivity contribution in [2.45, 2.75) is 49.8 Å². The minimum atomic E-state index is 0.451. The summed E-state index contributed by atoms with van der Waals surface area (Å²) in [7, 11) is 0. The molecule has 5 atom stereocenters. The molecule has 0 aromatic heterocycles. The van der Waals surface area contributed by atoms with Gasteiger partial charge in [-0.2, -0.15) is 0 Å². The van der Waals surface area contributed by atoms with Crippen LogP contribution in [0.3, 0.4) is 0 Å². The minimum Gasteiger partial charge on any atom is -0.299 e. The molecule has 84 valence electrons. The normalized spacial score (nSPS) is 49.9. The van der Waals surface area contributed by atoms with E-state index in [9.17, 15) is 4.79 Å². The average molecular weight is 271 g/mol.